The summed E-state index contributed by atoms with van der Waals surface area (Å²) >= 11 is 2.08. The number of pyridine rings is 1. The van der Waals surface area contributed by atoms with Crippen LogP contribution in [0.25, 0.3) is 0 Å². The maximum atomic E-state index is 4.56. The molecule has 0 radical (unpaired) electrons. The summed E-state index contributed by atoms with van der Waals surface area (Å²) in [5.41, 5.74) is 1.22. The van der Waals surface area contributed by atoms with Crippen LogP contribution in [-0.2, 0) is 0 Å². The first-order chi connectivity index (χ1) is 8.93. The van der Waals surface area contributed by atoms with Gasteiger partial charge in [-0.05, 0) is 48.8 Å². The lowest BCUT2D eigenvalue weighted by Crippen LogP contribution is -2.22. The SMILES string of the molecule is c1cnc(N2CCCC2)c(NCC2CCSC2)c1. The first kappa shape index (κ1) is 12.2. The van der Waals surface area contributed by atoms with Crippen LogP contribution in [0.3, 0.4) is 0 Å². The van der Waals surface area contributed by atoms with E-state index in [0.29, 0.717) is 0 Å². The van der Waals surface area contributed by atoms with Crippen molar-refractivity contribution in [3.05, 3.63) is 18.3 Å². The first-order valence-electron chi connectivity index (χ1n) is 6.95. The molecule has 3 nitrogen and oxygen atoms in total. The highest BCUT2D eigenvalue weighted by Crippen LogP contribution is 2.28. The topological polar surface area (TPSA) is 28.2 Å². The van der Waals surface area contributed by atoms with Crippen molar-refractivity contribution in [3.8, 4) is 0 Å². The van der Waals surface area contributed by atoms with Crippen LogP contribution >= 0.6 is 11.8 Å². The molecule has 0 aromatic carbocycles. The molecule has 1 atom stereocenters. The normalized spacial score (nSPS) is 23.6. The van der Waals surface area contributed by atoms with Gasteiger partial charge >= 0.3 is 0 Å². The lowest BCUT2D eigenvalue weighted by atomic mass is 10.1. The molecule has 2 saturated heterocycles. The van der Waals surface area contributed by atoms with Crippen molar-refractivity contribution >= 4 is 23.3 Å². The fourth-order valence-corrected chi connectivity index (χ4v) is 4.00. The van der Waals surface area contributed by atoms with Gasteiger partial charge in [-0.2, -0.15) is 11.8 Å². The van der Waals surface area contributed by atoms with Crippen LogP contribution in [0.15, 0.2) is 18.3 Å². The molecular weight excluding hydrogens is 242 g/mol. The van der Waals surface area contributed by atoms with Crippen molar-refractivity contribution in [2.24, 2.45) is 5.92 Å². The molecule has 3 rings (SSSR count). The van der Waals surface area contributed by atoms with Crippen LogP contribution in [0.1, 0.15) is 19.3 Å². The Morgan fingerprint density at radius 3 is 3.06 bits per heavy atom. The van der Waals surface area contributed by atoms with Gasteiger partial charge in [0.25, 0.3) is 0 Å². The molecule has 2 aliphatic rings. The summed E-state index contributed by atoms with van der Waals surface area (Å²) < 4.78 is 0. The molecule has 98 valence electrons. The zero-order chi connectivity index (χ0) is 12.2. The molecule has 0 spiro atoms. The minimum atomic E-state index is 0.835. The van der Waals surface area contributed by atoms with E-state index in [1.165, 1.54) is 36.5 Å². The molecule has 0 amide bonds. The molecule has 0 aliphatic carbocycles. The van der Waals surface area contributed by atoms with Gasteiger partial charge in [-0.25, -0.2) is 4.98 Å². The predicted octanol–water partition coefficient (Wildman–Crippen LogP) is 2.85. The summed E-state index contributed by atoms with van der Waals surface area (Å²) in [4.78, 5) is 6.97. The zero-order valence-electron chi connectivity index (χ0n) is 10.8. The van der Waals surface area contributed by atoms with E-state index in [0.717, 1.165) is 31.4 Å². The van der Waals surface area contributed by atoms with Crippen molar-refractivity contribution in [1.29, 1.82) is 0 Å². The maximum Gasteiger partial charge on any atom is 0.151 e. The lowest BCUT2D eigenvalue weighted by Gasteiger charge is -2.21. The summed E-state index contributed by atoms with van der Waals surface area (Å²) in [6.45, 7) is 3.41. The van der Waals surface area contributed by atoms with E-state index in [2.05, 4.69) is 33.0 Å². The highest BCUT2D eigenvalue weighted by molar-refractivity contribution is 7.99. The van der Waals surface area contributed by atoms with E-state index in [4.69, 9.17) is 0 Å². The second kappa shape index (κ2) is 5.83. The molecule has 0 saturated carbocycles. The average Bonchev–Trinajstić information content (AvgIpc) is 3.10. The van der Waals surface area contributed by atoms with E-state index in [-0.39, 0.29) is 0 Å². The largest absolute Gasteiger partial charge is 0.382 e. The second-order valence-electron chi connectivity index (χ2n) is 5.18. The Kier molecular flexibility index (Phi) is 3.93. The van der Waals surface area contributed by atoms with Gasteiger partial charge in [-0.3, -0.25) is 0 Å². The van der Waals surface area contributed by atoms with Gasteiger partial charge in [0.2, 0.25) is 0 Å². The number of nitrogens with one attached hydrogen (secondary N) is 1. The van der Waals surface area contributed by atoms with Gasteiger partial charge in [-0.1, -0.05) is 0 Å². The molecule has 1 N–H and O–H groups in total. The molecule has 4 heteroatoms. The van der Waals surface area contributed by atoms with Gasteiger partial charge in [0.1, 0.15) is 0 Å². The quantitative estimate of drug-likeness (QED) is 0.904. The number of hydrogen-bond donors (Lipinski definition) is 1. The van der Waals surface area contributed by atoms with Crippen LogP contribution in [-0.4, -0.2) is 36.1 Å². The summed E-state index contributed by atoms with van der Waals surface area (Å²) in [7, 11) is 0. The van der Waals surface area contributed by atoms with Crippen LogP contribution < -0.4 is 10.2 Å². The third-order valence-electron chi connectivity index (χ3n) is 3.80. The molecule has 0 bridgehead atoms. The molecular formula is C14H21N3S. The summed E-state index contributed by atoms with van der Waals surface area (Å²) in [5, 5.41) is 3.61. The molecule has 2 fully saturated rings. The van der Waals surface area contributed by atoms with Gasteiger partial charge in [-0.15, -0.1) is 0 Å². The Hall–Kier alpha value is -0.900. The maximum absolute atomic E-state index is 4.56. The average molecular weight is 263 g/mol. The Balaban J connectivity index is 1.66. The number of anilines is 2. The van der Waals surface area contributed by atoms with E-state index < -0.39 is 0 Å². The molecule has 1 unspecified atom stereocenters. The minimum absolute atomic E-state index is 0.835. The lowest BCUT2D eigenvalue weighted by molar-refractivity contribution is 0.631. The number of aromatic nitrogens is 1. The van der Waals surface area contributed by atoms with Crippen molar-refractivity contribution in [2.75, 3.05) is 41.4 Å². The van der Waals surface area contributed by atoms with Crippen LogP contribution in [0.2, 0.25) is 0 Å². The predicted molar refractivity (Wildman–Crippen MR) is 79.6 cm³/mol. The smallest absolute Gasteiger partial charge is 0.151 e. The van der Waals surface area contributed by atoms with Crippen molar-refractivity contribution < 1.29 is 0 Å². The summed E-state index contributed by atoms with van der Waals surface area (Å²) in [5.74, 6) is 4.63. The monoisotopic (exact) mass is 263 g/mol. The summed E-state index contributed by atoms with van der Waals surface area (Å²) in [6, 6.07) is 4.20. The fourth-order valence-electron chi connectivity index (χ4n) is 2.71. The van der Waals surface area contributed by atoms with E-state index >= 15 is 0 Å². The van der Waals surface area contributed by atoms with Crippen LogP contribution in [0, 0.1) is 5.92 Å². The number of thioether (sulfide) groups is 1. The fraction of sp³-hybridized carbons (Fsp3) is 0.643. The van der Waals surface area contributed by atoms with Crippen LogP contribution in [0.5, 0.6) is 0 Å². The molecule has 3 heterocycles. The van der Waals surface area contributed by atoms with E-state index in [1.807, 2.05) is 12.3 Å². The van der Waals surface area contributed by atoms with E-state index in [9.17, 15) is 0 Å². The van der Waals surface area contributed by atoms with Gasteiger partial charge in [0.05, 0.1) is 5.69 Å². The third kappa shape index (κ3) is 2.74. The number of nitrogens with zero attached hydrogens (tertiary/aromatic N) is 2. The molecule has 1 aromatic heterocycles. The summed E-state index contributed by atoms with van der Waals surface area (Å²) in [6.07, 6.45) is 5.87. The number of rotatable bonds is 4. The highest BCUT2D eigenvalue weighted by Gasteiger charge is 2.19. The van der Waals surface area contributed by atoms with Crippen molar-refractivity contribution in [3.63, 3.8) is 0 Å². The Morgan fingerprint density at radius 2 is 2.28 bits per heavy atom. The van der Waals surface area contributed by atoms with Crippen molar-refractivity contribution in [2.45, 2.75) is 19.3 Å². The Morgan fingerprint density at radius 1 is 1.39 bits per heavy atom. The van der Waals surface area contributed by atoms with Crippen LogP contribution in [0.4, 0.5) is 11.5 Å². The molecule has 1 aromatic rings. The Labute approximate surface area is 113 Å². The number of hydrogen-bond acceptors (Lipinski definition) is 4. The van der Waals surface area contributed by atoms with Gasteiger partial charge < -0.3 is 10.2 Å². The van der Waals surface area contributed by atoms with Crippen molar-refractivity contribution in [1.82, 2.24) is 4.98 Å². The van der Waals surface area contributed by atoms with Gasteiger partial charge in [0, 0.05) is 25.8 Å². The minimum Gasteiger partial charge on any atom is -0.382 e. The van der Waals surface area contributed by atoms with Gasteiger partial charge in [0.15, 0.2) is 5.82 Å². The molecule has 2 aliphatic heterocycles. The Bertz CT molecular complexity index is 384. The highest BCUT2D eigenvalue weighted by atomic mass is 32.2. The molecule has 18 heavy (non-hydrogen) atoms. The second-order valence-corrected chi connectivity index (χ2v) is 6.33. The van der Waals surface area contributed by atoms with E-state index in [1.54, 1.807) is 0 Å². The first-order valence-corrected chi connectivity index (χ1v) is 8.10. The standard InChI is InChI=1S/C14H21N3S/c1-2-8-17(7-1)14-13(4-3-6-15-14)16-10-12-5-9-18-11-12/h3-4,6,12,16H,1-2,5,7-11H2. The third-order valence-corrected chi connectivity index (χ3v) is 5.03. The zero-order valence-corrected chi connectivity index (χ0v) is 11.6.